The molecule has 3 rings (SSSR count). The van der Waals surface area contributed by atoms with Crippen molar-refractivity contribution in [1.82, 2.24) is 14.6 Å². The predicted molar refractivity (Wildman–Crippen MR) is 121 cm³/mol. The molecule has 1 N–H and O–H groups in total. The van der Waals surface area contributed by atoms with Crippen molar-refractivity contribution in [2.24, 2.45) is 0 Å². The normalized spacial score (nSPS) is 14.9. The van der Waals surface area contributed by atoms with Crippen LogP contribution in [0.5, 0.6) is 0 Å². The van der Waals surface area contributed by atoms with E-state index >= 15 is 0 Å². The number of nitrogens with zero attached hydrogens (tertiary/aromatic N) is 3. The van der Waals surface area contributed by atoms with Gasteiger partial charge in [0, 0.05) is 19.1 Å². The van der Waals surface area contributed by atoms with Crippen LogP contribution >= 0.6 is 0 Å². The Labute approximate surface area is 188 Å². The minimum Gasteiger partial charge on any atom is -0.361 e. The van der Waals surface area contributed by atoms with Crippen LogP contribution in [-0.2, 0) is 21.2 Å². The molecule has 0 saturated carbocycles. The van der Waals surface area contributed by atoms with Gasteiger partial charge in [-0.25, -0.2) is 12.8 Å². The summed E-state index contributed by atoms with van der Waals surface area (Å²) in [7, 11) is -3.80. The maximum Gasteiger partial charge on any atom is 0.270 e. The molecule has 0 spiro atoms. The van der Waals surface area contributed by atoms with E-state index in [4.69, 9.17) is 6.57 Å². The summed E-state index contributed by atoms with van der Waals surface area (Å²) in [5.74, 6) is -1.08. The first-order valence-corrected chi connectivity index (χ1v) is 12.0. The van der Waals surface area contributed by atoms with Crippen LogP contribution < -0.4 is 4.72 Å². The second-order valence-corrected chi connectivity index (χ2v) is 10.6. The molecule has 1 aromatic carbocycles. The lowest BCUT2D eigenvalue weighted by Gasteiger charge is -2.41. The van der Waals surface area contributed by atoms with E-state index < -0.39 is 27.0 Å². The summed E-state index contributed by atoms with van der Waals surface area (Å²) in [6.07, 6.45) is 1.23. The number of carbonyl (C=O) groups is 1. The molecule has 32 heavy (non-hydrogen) atoms. The number of pyridine rings is 1. The fraction of sp³-hybridized carbons (Fsp3) is 0.435. The zero-order chi connectivity index (χ0) is 23.6. The molecule has 2 aromatic rings. The van der Waals surface area contributed by atoms with Gasteiger partial charge in [0.25, 0.3) is 5.82 Å². The summed E-state index contributed by atoms with van der Waals surface area (Å²) in [5.41, 5.74) is 2.14. The SMILES string of the molecule is [C-]#[N+]c1cc(-c2cc(F)cc(C(C)C)c2CC(=O)NS(=O)(=O)C2CN(C(C)C)C2)ccn1. The van der Waals surface area contributed by atoms with Crippen molar-refractivity contribution in [1.29, 1.82) is 0 Å². The van der Waals surface area contributed by atoms with E-state index in [0.29, 0.717) is 35.3 Å². The van der Waals surface area contributed by atoms with Gasteiger partial charge in [-0.05, 0) is 66.3 Å². The molecule has 9 heteroatoms. The van der Waals surface area contributed by atoms with Crippen molar-refractivity contribution in [3.8, 4) is 11.1 Å². The molecule has 1 aromatic heterocycles. The third-order valence-electron chi connectivity index (χ3n) is 5.68. The molecule has 0 radical (unpaired) electrons. The molecule has 2 heterocycles. The van der Waals surface area contributed by atoms with Crippen molar-refractivity contribution < 1.29 is 17.6 Å². The topological polar surface area (TPSA) is 83.7 Å². The van der Waals surface area contributed by atoms with E-state index in [-0.39, 0.29) is 24.2 Å². The van der Waals surface area contributed by atoms with E-state index in [1.165, 1.54) is 24.4 Å². The number of benzene rings is 1. The van der Waals surface area contributed by atoms with Crippen molar-refractivity contribution in [3.63, 3.8) is 0 Å². The van der Waals surface area contributed by atoms with Crippen molar-refractivity contribution in [3.05, 3.63) is 58.8 Å². The van der Waals surface area contributed by atoms with E-state index in [1.54, 1.807) is 6.07 Å². The van der Waals surface area contributed by atoms with Gasteiger partial charge < -0.3 is 4.85 Å². The van der Waals surface area contributed by atoms with Crippen LogP contribution in [-0.4, -0.2) is 48.6 Å². The lowest BCUT2D eigenvalue weighted by molar-refractivity contribution is -0.118. The van der Waals surface area contributed by atoms with Crippen LogP contribution in [0.4, 0.5) is 10.2 Å². The Morgan fingerprint density at radius 2 is 1.97 bits per heavy atom. The van der Waals surface area contributed by atoms with E-state index in [0.717, 1.165) is 0 Å². The third-order valence-corrected chi connectivity index (χ3v) is 7.37. The molecule has 0 atom stereocenters. The smallest absolute Gasteiger partial charge is 0.270 e. The summed E-state index contributed by atoms with van der Waals surface area (Å²) in [6.45, 7) is 15.7. The van der Waals surface area contributed by atoms with Gasteiger partial charge in [-0.3, -0.25) is 14.4 Å². The first-order chi connectivity index (χ1) is 15.0. The third kappa shape index (κ3) is 5.14. The first-order valence-electron chi connectivity index (χ1n) is 10.5. The fourth-order valence-corrected chi connectivity index (χ4v) is 5.13. The standard InChI is InChI=1S/C23H27FN4O3S/c1-14(2)19-9-17(24)10-20(16-6-7-26-22(8-16)25-5)21(19)11-23(29)27-32(30,31)18-12-28(13-18)15(3)4/h6-10,14-15,18H,11-13H2,1-4H3,(H,27,29). The largest absolute Gasteiger partial charge is 0.361 e. The van der Waals surface area contributed by atoms with Crippen LogP contribution in [0.25, 0.3) is 16.0 Å². The number of likely N-dealkylation sites (tertiary alicyclic amines) is 1. The summed E-state index contributed by atoms with van der Waals surface area (Å²) in [4.78, 5) is 22.1. The fourth-order valence-electron chi connectivity index (χ4n) is 3.80. The van der Waals surface area contributed by atoms with Gasteiger partial charge in [-0.1, -0.05) is 20.4 Å². The molecular formula is C23H27FN4O3S. The lowest BCUT2D eigenvalue weighted by Crippen LogP contribution is -2.60. The van der Waals surface area contributed by atoms with Gasteiger partial charge in [0.15, 0.2) is 0 Å². The monoisotopic (exact) mass is 458 g/mol. The van der Waals surface area contributed by atoms with E-state index in [9.17, 15) is 17.6 Å². The molecule has 170 valence electrons. The summed E-state index contributed by atoms with van der Waals surface area (Å²) in [6, 6.07) is 6.08. The van der Waals surface area contributed by atoms with Gasteiger partial charge >= 0.3 is 0 Å². The average molecular weight is 459 g/mol. The molecule has 1 aliphatic heterocycles. The minimum absolute atomic E-state index is 0.0998. The van der Waals surface area contributed by atoms with Gasteiger partial charge in [-0.2, -0.15) is 0 Å². The molecule has 1 saturated heterocycles. The molecule has 1 aliphatic rings. The number of aromatic nitrogens is 1. The summed E-state index contributed by atoms with van der Waals surface area (Å²) >= 11 is 0. The van der Waals surface area contributed by atoms with Crippen molar-refractivity contribution in [2.45, 2.75) is 51.3 Å². The molecule has 7 nitrogen and oxygen atoms in total. The van der Waals surface area contributed by atoms with Crippen LogP contribution in [0.2, 0.25) is 0 Å². The van der Waals surface area contributed by atoms with Gasteiger partial charge in [0.2, 0.25) is 15.9 Å². The molecule has 1 amide bonds. The highest BCUT2D eigenvalue weighted by atomic mass is 32.2. The Morgan fingerprint density at radius 3 is 2.56 bits per heavy atom. The second-order valence-electron chi connectivity index (χ2n) is 8.61. The van der Waals surface area contributed by atoms with Crippen LogP contribution in [0, 0.1) is 12.4 Å². The molecular weight excluding hydrogens is 431 g/mol. The number of halogens is 1. The zero-order valence-electron chi connectivity index (χ0n) is 18.6. The Balaban J connectivity index is 1.91. The van der Waals surface area contributed by atoms with E-state index in [1.807, 2.05) is 32.6 Å². The summed E-state index contributed by atoms with van der Waals surface area (Å²) < 4.78 is 41.9. The highest BCUT2D eigenvalue weighted by Crippen LogP contribution is 2.33. The quantitative estimate of drug-likeness (QED) is 0.641. The van der Waals surface area contributed by atoms with Crippen LogP contribution in [0.3, 0.4) is 0 Å². The minimum atomic E-state index is -3.80. The maximum absolute atomic E-state index is 14.4. The molecule has 0 unspecified atom stereocenters. The number of hydrogen-bond donors (Lipinski definition) is 1. The highest BCUT2D eigenvalue weighted by molar-refractivity contribution is 7.90. The molecule has 0 aliphatic carbocycles. The lowest BCUT2D eigenvalue weighted by atomic mass is 9.88. The van der Waals surface area contributed by atoms with Gasteiger partial charge in [-0.15, -0.1) is 4.98 Å². The van der Waals surface area contributed by atoms with Gasteiger partial charge in [0.05, 0.1) is 6.42 Å². The van der Waals surface area contributed by atoms with E-state index in [2.05, 4.69) is 14.6 Å². The van der Waals surface area contributed by atoms with Gasteiger partial charge in [0.1, 0.15) is 17.3 Å². The predicted octanol–water partition coefficient (Wildman–Crippen LogP) is 3.64. The number of carbonyl (C=O) groups excluding carboxylic acids is 1. The Morgan fingerprint density at radius 1 is 1.28 bits per heavy atom. The van der Waals surface area contributed by atoms with Crippen LogP contribution in [0.15, 0.2) is 30.5 Å². The Hall–Kier alpha value is -2.83. The Kier molecular flexibility index (Phi) is 6.96. The number of nitrogens with one attached hydrogen (secondary N) is 1. The molecule has 1 fully saturated rings. The number of amides is 1. The summed E-state index contributed by atoms with van der Waals surface area (Å²) in [5, 5.41) is -0.632. The first kappa shape index (κ1) is 23.8. The number of rotatable bonds is 7. The maximum atomic E-state index is 14.4. The van der Waals surface area contributed by atoms with Crippen molar-refractivity contribution >= 4 is 21.7 Å². The zero-order valence-corrected chi connectivity index (χ0v) is 19.4. The Bertz CT molecular complexity index is 1170. The van der Waals surface area contributed by atoms with Crippen molar-refractivity contribution in [2.75, 3.05) is 13.1 Å². The molecule has 0 bridgehead atoms. The highest BCUT2D eigenvalue weighted by Gasteiger charge is 2.39. The average Bonchev–Trinajstić information content (AvgIpc) is 2.66. The van der Waals surface area contributed by atoms with Crippen LogP contribution in [0.1, 0.15) is 44.7 Å². The number of sulfonamides is 1. The number of hydrogen-bond acceptors (Lipinski definition) is 5. The second kappa shape index (κ2) is 9.35.